The fraction of sp³-hybridized carbons (Fsp3) is 0.333. The van der Waals surface area contributed by atoms with Crippen LogP contribution in [0.25, 0.3) is 0 Å². The number of hydrogen-bond acceptors (Lipinski definition) is 2. The number of aryl methyl sites for hydroxylation is 1. The maximum Gasteiger partial charge on any atom is 0.433 e. The summed E-state index contributed by atoms with van der Waals surface area (Å²) < 4.78 is 36.7. The Hall–Kier alpha value is -1.59. The van der Waals surface area contributed by atoms with Crippen LogP contribution in [0.1, 0.15) is 21.7 Å². The van der Waals surface area contributed by atoms with Crippen LogP contribution in [0.3, 0.4) is 0 Å². The minimum Gasteiger partial charge on any atom is -0.355 e. The van der Waals surface area contributed by atoms with Gasteiger partial charge in [0.05, 0.1) is 11.3 Å². The van der Waals surface area contributed by atoms with Gasteiger partial charge in [-0.25, -0.2) is 4.98 Å². The van der Waals surface area contributed by atoms with Crippen molar-refractivity contribution < 1.29 is 18.0 Å². The van der Waals surface area contributed by atoms with E-state index < -0.39 is 17.8 Å². The monoisotopic (exact) mass is 218 g/mol. The van der Waals surface area contributed by atoms with Gasteiger partial charge in [-0.3, -0.25) is 4.79 Å². The zero-order valence-electron chi connectivity index (χ0n) is 8.14. The van der Waals surface area contributed by atoms with Crippen molar-refractivity contribution in [1.82, 2.24) is 10.3 Å². The highest BCUT2D eigenvalue weighted by Crippen LogP contribution is 2.28. The van der Waals surface area contributed by atoms with Gasteiger partial charge in [-0.15, -0.1) is 0 Å². The molecule has 1 aromatic heterocycles. The molecule has 0 aromatic carbocycles. The minimum absolute atomic E-state index is 0.0594. The number of nitrogens with zero attached hydrogens (tertiary/aromatic N) is 1. The third-order valence-electron chi connectivity index (χ3n) is 1.85. The van der Waals surface area contributed by atoms with E-state index >= 15 is 0 Å². The standard InChI is InChI=1S/C9H9F3N2O/c1-5-6(8(15)13-2)3-4-7(14-5)9(10,11)12/h3-4H,1-2H3,(H,13,15). The van der Waals surface area contributed by atoms with Gasteiger partial charge in [0.15, 0.2) is 0 Å². The molecule has 0 saturated heterocycles. The molecular weight excluding hydrogens is 209 g/mol. The Morgan fingerprint density at radius 2 is 2.00 bits per heavy atom. The number of hydrogen-bond donors (Lipinski definition) is 1. The number of halogens is 3. The van der Waals surface area contributed by atoms with Gasteiger partial charge >= 0.3 is 6.18 Å². The SMILES string of the molecule is CNC(=O)c1ccc(C(F)(F)F)nc1C. The van der Waals surface area contributed by atoms with Crippen LogP contribution in [0, 0.1) is 6.92 Å². The molecular formula is C9H9F3N2O. The first-order chi connectivity index (χ1) is 6.86. The summed E-state index contributed by atoms with van der Waals surface area (Å²) in [6, 6.07) is 1.90. The Labute approximate surface area is 84.3 Å². The van der Waals surface area contributed by atoms with E-state index in [9.17, 15) is 18.0 Å². The quantitative estimate of drug-likeness (QED) is 0.780. The molecule has 0 aliphatic carbocycles. The van der Waals surface area contributed by atoms with Crippen LogP contribution in [0.5, 0.6) is 0 Å². The fourth-order valence-corrected chi connectivity index (χ4v) is 1.09. The van der Waals surface area contributed by atoms with Crippen molar-refractivity contribution in [2.75, 3.05) is 7.05 Å². The van der Waals surface area contributed by atoms with Crippen LogP contribution < -0.4 is 5.32 Å². The summed E-state index contributed by atoms with van der Waals surface area (Å²) in [5, 5.41) is 2.32. The van der Waals surface area contributed by atoms with E-state index in [1.165, 1.54) is 14.0 Å². The van der Waals surface area contributed by atoms with Gasteiger partial charge in [0, 0.05) is 7.05 Å². The first kappa shape index (κ1) is 11.5. The third-order valence-corrected chi connectivity index (χ3v) is 1.85. The Balaban J connectivity index is 3.15. The molecule has 1 heterocycles. The van der Waals surface area contributed by atoms with E-state index in [4.69, 9.17) is 0 Å². The molecule has 15 heavy (non-hydrogen) atoms. The lowest BCUT2D eigenvalue weighted by Crippen LogP contribution is -2.20. The summed E-state index contributed by atoms with van der Waals surface area (Å²) in [6.45, 7) is 1.36. The van der Waals surface area contributed by atoms with Gasteiger partial charge in [-0.05, 0) is 19.1 Å². The molecule has 1 aromatic rings. The summed E-state index contributed by atoms with van der Waals surface area (Å²) in [7, 11) is 1.40. The topological polar surface area (TPSA) is 42.0 Å². The van der Waals surface area contributed by atoms with E-state index in [-0.39, 0.29) is 11.3 Å². The van der Waals surface area contributed by atoms with Gasteiger partial charge in [-0.1, -0.05) is 0 Å². The second-order valence-corrected chi connectivity index (χ2v) is 2.91. The van der Waals surface area contributed by atoms with Gasteiger partial charge in [-0.2, -0.15) is 13.2 Å². The Kier molecular flexibility index (Phi) is 2.97. The highest BCUT2D eigenvalue weighted by atomic mass is 19.4. The number of alkyl halides is 3. The van der Waals surface area contributed by atoms with Gasteiger partial charge in [0.2, 0.25) is 0 Å². The fourth-order valence-electron chi connectivity index (χ4n) is 1.09. The predicted octanol–water partition coefficient (Wildman–Crippen LogP) is 1.77. The van der Waals surface area contributed by atoms with Crippen LogP contribution in [-0.4, -0.2) is 17.9 Å². The predicted molar refractivity (Wildman–Crippen MR) is 47.4 cm³/mol. The molecule has 0 radical (unpaired) electrons. The maximum atomic E-state index is 12.2. The van der Waals surface area contributed by atoms with E-state index in [0.717, 1.165) is 12.1 Å². The van der Waals surface area contributed by atoms with Crippen LogP contribution in [0.4, 0.5) is 13.2 Å². The zero-order chi connectivity index (χ0) is 11.6. The smallest absolute Gasteiger partial charge is 0.355 e. The van der Waals surface area contributed by atoms with Crippen molar-refractivity contribution in [3.63, 3.8) is 0 Å². The van der Waals surface area contributed by atoms with E-state index in [2.05, 4.69) is 10.3 Å². The molecule has 6 heteroatoms. The number of nitrogens with one attached hydrogen (secondary N) is 1. The number of pyridine rings is 1. The number of rotatable bonds is 1. The van der Waals surface area contributed by atoms with Gasteiger partial charge in [0.25, 0.3) is 5.91 Å². The summed E-state index contributed by atoms with van der Waals surface area (Å²) in [6.07, 6.45) is -4.48. The largest absolute Gasteiger partial charge is 0.433 e. The molecule has 0 unspecified atom stereocenters. The van der Waals surface area contributed by atoms with E-state index in [0.29, 0.717) is 0 Å². The Morgan fingerprint density at radius 3 is 2.40 bits per heavy atom. The summed E-state index contributed by atoms with van der Waals surface area (Å²) in [5.41, 5.74) is -0.790. The van der Waals surface area contributed by atoms with Crippen molar-refractivity contribution in [2.45, 2.75) is 13.1 Å². The molecule has 0 bridgehead atoms. The highest BCUT2D eigenvalue weighted by molar-refractivity contribution is 5.94. The van der Waals surface area contributed by atoms with E-state index in [1.54, 1.807) is 0 Å². The summed E-state index contributed by atoms with van der Waals surface area (Å²) >= 11 is 0. The Bertz CT molecular complexity index is 387. The van der Waals surface area contributed by atoms with Crippen LogP contribution in [0.2, 0.25) is 0 Å². The molecule has 3 nitrogen and oxygen atoms in total. The number of amides is 1. The lowest BCUT2D eigenvalue weighted by molar-refractivity contribution is -0.141. The second-order valence-electron chi connectivity index (χ2n) is 2.91. The average Bonchev–Trinajstić information content (AvgIpc) is 2.15. The third kappa shape index (κ3) is 2.45. The normalized spacial score (nSPS) is 11.3. The number of carbonyl (C=O) groups is 1. The minimum atomic E-state index is -4.48. The van der Waals surface area contributed by atoms with Crippen LogP contribution in [0.15, 0.2) is 12.1 Å². The molecule has 1 N–H and O–H groups in total. The molecule has 1 amide bonds. The zero-order valence-corrected chi connectivity index (χ0v) is 8.14. The van der Waals surface area contributed by atoms with Crippen LogP contribution in [-0.2, 0) is 6.18 Å². The molecule has 0 aliphatic rings. The maximum absolute atomic E-state index is 12.2. The molecule has 82 valence electrons. The van der Waals surface area contributed by atoms with Gasteiger partial charge in [0.1, 0.15) is 5.69 Å². The lowest BCUT2D eigenvalue weighted by atomic mass is 10.1. The first-order valence-electron chi connectivity index (χ1n) is 4.13. The molecule has 0 fully saturated rings. The molecule has 0 saturated carbocycles. The second kappa shape index (κ2) is 3.88. The molecule has 1 rings (SSSR count). The Morgan fingerprint density at radius 1 is 1.40 bits per heavy atom. The van der Waals surface area contributed by atoms with E-state index in [1.807, 2.05) is 0 Å². The van der Waals surface area contributed by atoms with Crippen molar-refractivity contribution in [1.29, 1.82) is 0 Å². The molecule has 0 aliphatic heterocycles. The summed E-state index contributed by atoms with van der Waals surface area (Å²) in [5.74, 6) is -0.450. The van der Waals surface area contributed by atoms with Crippen molar-refractivity contribution in [3.8, 4) is 0 Å². The highest BCUT2D eigenvalue weighted by Gasteiger charge is 2.32. The van der Waals surface area contributed by atoms with Crippen LogP contribution >= 0.6 is 0 Å². The molecule has 0 atom stereocenters. The van der Waals surface area contributed by atoms with Gasteiger partial charge < -0.3 is 5.32 Å². The lowest BCUT2D eigenvalue weighted by Gasteiger charge is -2.08. The van der Waals surface area contributed by atoms with Crippen molar-refractivity contribution >= 4 is 5.91 Å². The van der Waals surface area contributed by atoms with Crippen molar-refractivity contribution in [3.05, 3.63) is 29.1 Å². The number of carbonyl (C=O) groups excluding carboxylic acids is 1. The average molecular weight is 218 g/mol. The number of aromatic nitrogens is 1. The first-order valence-corrected chi connectivity index (χ1v) is 4.13. The van der Waals surface area contributed by atoms with Crippen molar-refractivity contribution in [2.24, 2.45) is 0 Å². The molecule has 0 spiro atoms. The summed E-state index contributed by atoms with van der Waals surface area (Å²) in [4.78, 5) is 14.5.